The minimum Gasteiger partial charge on any atom is -0.497 e. The maximum absolute atomic E-state index is 12.7. The second-order valence-electron chi connectivity index (χ2n) is 5.12. The number of carbonyl (C=O) groups is 2. The van der Waals surface area contributed by atoms with Crippen LogP contribution in [-0.2, 0) is 4.79 Å². The van der Waals surface area contributed by atoms with Crippen LogP contribution >= 0.6 is 0 Å². The van der Waals surface area contributed by atoms with Gasteiger partial charge >= 0.3 is 0 Å². The number of benzene rings is 2. The van der Waals surface area contributed by atoms with Gasteiger partial charge in [-0.25, -0.2) is 0 Å². The van der Waals surface area contributed by atoms with Crippen LogP contribution in [0.4, 0.5) is 11.4 Å². The van der Waals surface area contributed by atoms with Gasteiger partial charge in [0.25, 0.3) is 5.91 Å². The Kier molecular flexibility index (Phi) is 2.56. The third kappa shape index (κ3) is 1.65. The number of anilines is 2. The first-order valence-electron chi connectivity index (χ1n) is 6.84. The second kappa shape index (κ2) is 4.46. The highest BCUT2D eigenvalue weighted by Crippen LogP contribution is 2.39. The van der Waals surface area contributed by atoms with Crippen LogP contribution in [0.5, 0.6) is 5.75 Å². The van der Waals surface area contributed by atoms with E-state index in [1.807, 2.05) is 24.3 Å². The van der Waals surface area contributed by atoms with Gasteiger partial charge in [0, 0.05) is 11.3 Å². The molecule has 0 atom stereocenters. The standard InChI is InChI=1S/C17H12N2O3/c1-22-9-6-7-13-11(8-9)16(20)15(18-13)14-10-4-2-3-5-12(10)19-17(14)21/h2-8,18H,1H3,(H,19,21). The van der Waals surface area contributed by atoms with Gasteiger partial charge in [0.15, 0.2) is 0 Å². The molecule has 0 bridgehead atoms. The number of hydrogen-bond donors (Lipinski definition) is 2. The SMILES string of the molecule is COc1ccc2c(c1)C(=O)C(=C1C(=O)Nc3ccccc31)N2. The van der Waals surface area contributed by atoms with E-state index in [4.69, 9.17) is 4.74 Å². The number of rotatable bonds is 1. The lowest BCUT2D eigenvalue weighted by atomic mass is 10.0. The molecule has 0 aromatic heterocycles. The molecule has 4 rings (SSSR count). The van der Waals surface area contributed by atoms with E-state index in [1.165, 1.54) is 0 Å². The monoisotopic (exact) mass is 292 g/mol. The van der Waals surface area contributed by atoms with Crippen molar-refractivity contribution in [1.29, 1.82) is 0 Å². The average Bonchev–Trinajstić information content (AvgIpc) is 3.03. The Balaban J connectivity index is 1.88. The molecule has 2 aromatic rings. The molecule has 0 aliphatic carbocycles. The van der Waals surface area contributed by atoms with Crippen molar-refractivity contribution in [3.63, 3.8) is 0 Å². The van der Waals surface area contributed by atoms with E-state index in [1.54, 1.807) is 25.3 Å². The minimum absolute atomic E-state index is 0.198. The topological polar surface area (TPSA) is 67.4 Å². The number of methoxy groups -OCH3 is 1. The zero-order valence-electron chi connectivity index (χ0n) is 11.8. The summed E-state index contributed by atoms with van der Waals surface area (Å²) in [6.07, 6.45) is 0. The maximum atomic E-state index is 12.7. The molecule has 0 saturated heterocycles. The van der Waals surface area contributed by atoms with Crippen molar-refractivity contribution < 1.29 is 14.3 Å². The highest BCUT2D eigenvalue weighted by molar-refractivity contribution is 6.38. The quantitative estimate of drug-likeness (QED) is 0.793. The molecule has 1 amide bonds. The van der Waals surface area contributed by atoms with Crippen LogP contribution < -0.4 is 15.4 Å². The third-order valence-electron chi connectivity index (χ3n) is 3.88. The van der Waals surface area contributed by atoms with Crippen molar-refractivity contribution in [2.45, 2.75) is 0 Å². The number of nitrogens with one attached hydrogen (secondary N) is 2. The van der Waals surface area contributed by atoms with Gasteiger partial charge in [-0.15, -0.1) is 0 Å². The first-order chi connectivity index (χ1) is 10.7. The number of para-hydroxylation sites is 1. The van der Waals surface area contributed by atoms with E-state index >= 15 is 0 Å². The van der Waals surface area contributed by atoms with Crippen molar-refractivity contribution in [3.8, 4) is 5.75 Å². The molecule has 2 aromatic carbocycles. The summed E-state index contributed by atoms with van der Waals surface area (Å²) >= 11 is 0. The number of amides is 1. The van der Waals surface area contributed by atoms with Crippen LogP contribution in [0.1, 0.15) is 15.9 Å². The van der Waals surface area contributed by atoms with Gasteiger partial charge in [-0.05, 0) is 24.3 Å². The summed E-state index contributed by atoms with van der Waals surface area (Å²) in [7, 11) is 1.55. The van der Waals surface area contributed by atoms with E-state index in [9.17, 15) is 9.59 Å². The van der Waals surface area contributed by atoms with Gasteiger partial charge in [-0.2, -0.15) is 0 Å². The number of ether oxygens (including phenoxy) is 1. The van der Waals surface area contributed by atoms with Crippen LogP contribution in [0, 0.1) is 0 Å². The first-order valence-corrected chi connectivity index (χ1v) is 6.84. The Bertz CT molecular complexity index is 868. The molecule has 5 nitrogen and oxygen atoms in total. The Morgan fingerprint density at radius 2 is 1.68 bits per heavy atom. The molecule has 2 aliphatic rings. The summed E-state index contributed by atoms with van der Waals surface area (Å²) in [5.74, 6) is 0.143. The lowest BCUT2D eigenvalue weighted by Crippen LogP contribution is -2.11. The van der Waals surface area contributed by atoms with Crippen LogP contribution in [0.25, 0.3) is 5.57 Å². The molecule has 2 aliphatic heterocycles. The number of fused-ring (bicyclic) bond motifs is 2. The zero-order chi connectivity index (χ0) is 15.3. The molecular formula is C17H12N2O3. The normalized spacial score (nSPS) is 18.6. The van der Waals surface area contributed by atoms with E-state index in [2.05, 4.69) is 10.6 Å². The summed E-state index contributed by atoms with van der Waals surface area (Å²) in [5.41, 5.74) is 3.35. The molecule has 0 fully saturated rings. The van der Waals surface area contributed by atoms with E-state index in [0.717, 1.165) is 11.3 Å². The van der Waals surface area contributed by atoms with Gasteiger partial charge in [0.05, 0.1) is 23.9 Å². The second-order valence-corrected chi connectivity index (χ2v) is 5.12. The highest BCUT2D eigenvalue weighted by atomic mass is 16.5. The van der Waals surface area contributed by atoms with E-state index in [0.29, 0.717) is 28.3 Å². The molecule has 0 radical (unpaired) electrons. The van der Waals surface area contributed by atoms with Crippen molar-refractivity contribution in [3.05, 3.63) is 59.3 Å². The minimum atomic E-state index is -0.267. The van der Waals surface area contributed by atoms with Gasteiger partial charge in [-0.1, -0.05) is 18.2 Å². The van der Waals surface area contributed by atoms with Crippen molar-refractivity contribution in [2.75, 3.05) is 17.7 Å². The summed E-state index contributed by atoms with van der Waals surface area (Å²) in [5, 5.41) is 5.84. The Labute approximate surface area is 126 Å². The average molecular weight is 292 g/mol. The smallest absolute Gasteiger partial charge is 0.258 e. The van der Waals surface area contributed by atoms with Crippen molar-refractivity contribution in [1.82, 2.24) is 0 Å². The summed E-state index contributed by atoms with van der Waals surface area (Å²) in [4.78, 5) is 24.9. The highest BCUT2D eigenvalue weighted by Gasteiger charge is 2.34. The van der Waals surface area contributed by atoms with Gasteiger partial charge in [-0.3, -0.25) is 9.59 Å². The lowest BCUT2D eigenvalue weighted by molar-refractivity contribution is -0.110. The molecular weight excluding hydrogens is 280 g/mol. The lowest BCUT2D eigenvalue weighted by Gasteiger charge is -2.03. The molecule has 108 valence electrons. The molecule has 0 saturated carbocycles. The fraction of sp³-hybridized carbons (Fsp3) is 0.0588. The number of carbonyl (C=O) groups excluding carboxylic acids is 2. The fourth-order valence-electron chi connectivity index (χ4n) is 2.81. The van der Waals surface area contributed by atoms with Crippen molar-refractivity contribution >= 4 is 28.6 Å². The largest absolute Gasteiger partial charge is 0.497 e. The Morgan fingerprint density at radius 3 is 2.50 bits per heavy atom. The predicted octanol–water partition coefficient (Wildman–Crippen LogP) is 2.67. The molecule has 5 heteroatoms. The number of allylic oxidation sites excluding steroid dienone is 1. The van der Waals surface area contributed by atoms with E-state index < -0.39 is 0 Å². The Morgan fingerprint density at radius 1 is 0.909 bits per heavy atom. The van der Waals surface area contributed by atoms with Gasteiger partial charge < -0.3 is 15.4 Å². The number of hydrogen-bond acceptors (Lipinski definition) is 4. The number of Topliss-reactive ketones (excluding diaryl/α,β-unsaturated/α-hetero) is 1. The number of ketones is 1. The predicted molar refractivity (Wildman–Crippen MR) is 82.9 cm³/mol. The third-order valence-corrected chi connectivity index (χ3v) is 3.88. The summed E-state index contributed by atoms with van der Waals surface area (Å²) in [6, 6.07) is 12.6. The molecule has 2 heterocycles. The van der Waals surface area contributed by atoms with Crippen LogP contribution in [-0.4, -0.2) is 18.8 Å². The molecule has 0 unspecified atom stereocenters. The van der Waals surface area contributed by atoms with Crippen LogP contribution in [0.2, 0.25) is 0 Å². The van der Waals surface area contributed by atoms with Crippen LogP contribution in [0.15, 0.2) is 48.2 Å². The van der Waals surface area contributed by atoms with Crippen LogP contribution in [0.3, 0.4) is 0 Å². The maximum Gasteiger partial charge on any atom is 0.258 e. The molecule has 22 heavy (non-hydrogen) atoms. The first kappa shape index (κ1) is 12.6. The summed E-state index contributed by atoms with van der Waals surface area (Å²) in [6.45, 7) is 0. The van der Waals surface area contributed by atoms with Crippen molar-refractivity contribution in [2.24, 2.45) is 0 Å². The van der Waals surface area contributed by atoms with Gasteiger partial charge in [0.2, 0.25) is 5.78 Å². The summed E-state index contributed by atoms with van der Waals surface area (Å²) < 4.78 is 5.15. The van der Waals surface area contributed by atoms with E-state index in [-0.39, 0.29) is 11.7 Å². The van der Waals surface area contributed by atoms with Gasteiger partial charge in [0.1, 0.15) is 11.4 Å². The molecule has 2 N–H and O–H groups in total. The fourth-order valence-corrected chi connectivity index (χ4v) is 2.81. The zero-order valence-corrected chi connectivity index (χ0v) is 11.8. The Hall–Kier alpha value is -3.08. The molecule has 0 spiro atoms.